The third kappa shape index (κ3) is 3.50. The van der Waals surface area contributed by atoms with Gasteiger partial charge in [-0.1, -0.05) is 19.6 Å². The monoisotopic (exact) mass is 316 g/mol. The normalized spacial score (nSPS) is 18.0. The van der Waals surface area contributed by atoms with Gasteiger partial charge in [0.05, 0.1) is 0 Å². The van der Waals surface area contributed by atoms with Gasteiger partial charge in [0.2, 0.25) is 12.7 Å². The molecule has 0 aliphatic carbocycles. The average Bonchev–Trinajstić information content (AvgIpc) is 3.07. The van der Waals surface area contributed by atoms with Gasteiger partial charge in [0, 0.05) is 25.7 Å². The van der Waals surface area contributed by atoms with E-state index in [4.69, 9.17) is 9.47 Å². The molecule has 5 nitrogen and oxygen atoms in total. The number of ether oxygens (including phenoxy) is 2. The number of hydrogen-bond acceptors (Lipinski definition) is 4. The molecule has 0 unspecified atom stereocenters. The number of nitrogens with zero attached hydrogens (tertiary/aromatic N) is 2. The summed E-state index contributed by atoms with van der Waals surface area (Å²) in [7, 11) is 0. The average molecular weight is 316 g/mol. The summed E-state index contributed by atoms with van der Waals surface area (Å²) in [6.07, 6.45) is 3.44. The van der Waals surface area contributed by atoms with Crippen LogP contribution >= 0.6 is 0 Å². The van der Waals surface area contributed by atoms with E-state index in [-0.39, 0.29) is 18.7 Å². The highest BCUT2D eigenvalue weighted by Crippen LogP contribution is 2.33. The van der Waals surface area contributed by atoms with E-state index >= 15 is 0 Å². The molecule has 3 rings (SSSR count). The molecule has 0 radical (unpaired) electrons. The first-order valence-electron chi connectivity index (χ1n) is 8.25. The van der Waals surface area contributed by atoms with E-state index in [0.717, 1.165) is 49.5 Å². The van der Waals surface area contributed by atoms with Crippen molar-refractivity contribution in [3.05, 3.63) is 36.4 Å². The van der Waals surface area contributed by atoms with Crippen LogP contribution in [0.1, 0.15) is 25.3 Å². The quantitative estimate of drug-likeness (QED) is 0.782. The van der Waals surface area contributed by atoms with Crippen LogP contribution in [-0.2, 0) is 11.3 Å². The Kier molecular flexibility index (Phi) is 4.86. The van der Waals surface area contributed by atoms with E-state index in [1.165, 1.54) is 6.08 Å². The molecule has 0 bridgehead atoms. The Morgan fingerprint density at radius 1 is 1.35 bits per heavy atom. The van der Waals surface area contributed by atoms with Crippen molar-refractivity contribution in [2.24, 2.45) is 0 Å². The number of benzene rings is 1. The molecule has 0 spiro atoms. The Bertz CT molecular complexity index is 580. The van der Waals surface area contributed by atoms with Crippen molar-refractivity contribution in [2.45, 2.75) is 32.4 Å². The molecule has 0 N–H and O–H groups in total. The van der Waals surface area contributed by atoms with Gasteiger partial charge in [0.1, 0.15) is 0 Å². The summed E-state index contributed by atoms with van der Waals surface area (Å²) in [6.45, 7) is 9.85. The maximum Gasteiger partial charge on any atom is 0.246 e. The first kappa shape index (κ1) is 15.9. The topological polar surface area (TPSA) is 42.0 Å². The highest BCUT2D eigenvalue weighted by atomic mass is 16.7. The molecule has 1 fully saturated rings. The van der Waals surface area contributed by atoms with Crippen molar-refractivity contribution >= 4 is 5.91 Å². The van der Waals surface area contributed by atoms with Crippen molar-refractivity contribution in [2.75, 3.05) is 26.4 Å². The largest absolute Gasteiger partial charge is 0.454 e. The molecule has 2 heterocycles. The van der Waals surface area contributed by atoms with Crippen molar-refractivity contribution in [1.29, 1.82) is 0 Å². The van der Waals surface area contributed by atoms with Crippen LogP contribution in [0, 0.1) is 0 Å². The van der Waals surface area contributed by atoms with Crippen LogP contribution in [0.25, 0.3) is 0 Å². The number of likely N-dealkylation sites (tertiary alicyclic amines) is 1. The fourth-order valence-corrected chi connectivity index (χ4v) is 3.29. The highest BCUT2D eigenvalue weighted by molar-refractivity contribution is 5.87. The third-order valence-corrected chi connectivity index (χ3v) is 4.69. The van der Waals surface area contributed by atoms with E-state index in [2.05, 4.69) is 18.4 Å². The lowest BCUT2D eigenvalue weighted by molar-refractivity contribution is -0.130. The molecule has 0 atom stereocenters. The minimum Gasteiger partial charge on any atom is -0.454 e. The summed E-state index contributed by atoms with van der Waals surface area (Å²) >= 11 is 0. The maximum absolute atomic E-state index is 12.3. The number of hydrogen-bond donors (Lipinski definition) is 0. The van der Waals surface area contributed by atoms with Gasteiger partial charge in [-0.15, -0.1) is 0 Å². The molecular weight excluding hydrogens is 292 g/mol. The number of carbonyl (C=O) groups excluding carboxylic acids is 1. The van der Waals surface area contributed by atoms with Crippen molar-refractivity contribution in [3.8, 4) is 11.5 Å². The van der Waals surface area contributed by atoms with Crippen LogP contribution in [0.2, 0.25) is 0 Å². The first-order chi connectivity index (χ1) is 11.2. The second-order valence-corrected chi connectivity index (χ2v) is 6.02. The van der Waals surface area contributed by atoms with Crippen molar-refractivity contribution in [3.63, 3.8) is 0 Å². The molecule has 23 heavy (non-hydrogen) atoms. The lowest BCUT2D eigenvalue weighted by Gasteiger charge is -2.38. The maximum atomic E-state index is 12.3. The first-order valence-corrected chi connectivity index (χ1v) is 8.25. The smallest absolute Gasteiger partial charge is 0.246 e. The van der Waals surface area contributed by atoms with Gasteiger partial charge in [-0.3, -0.25) is 4.79 Å². The van der Waals surface area contributed by atoms with Gasteiger partial charge >= 0.3 is 0 Å². The molecule has 124 valence electrons. The zero-order valence-corrected chi connectivity index (χ0v) is 13.7. The van der Waals surface area contributed by atoms with Crippen LogP contribution in [0.4, 0.5) is 0 Å². The molecule has 1 amide bonds. The molecule has 5 heteroatoms. The summed E-state index contributed by atoms with van der Waals surface area (Å²) in [5.74, 6) is 1.53. The summed E-state index contributed by atoms with van der Waals surface area (Å²) in [4.78, 5) is 16.7. The summed E-state index contributed by atoms with van der Waals surface area (Å²) < 4.78 is 10.8. The van der Waals surface area contributed by atoms with Gasteiger partial charge in [0.25, 0.3) is 0 Å². The fraction of sp³-hybridized carbons (Fsp3) is 0.500. The fourth-order valence-electron chi connectivity index (χ4n) is 3.29. The number of piperidine rings is 1. The molecule has 2 aliphatic rings. The van der Waals surface area contributed by atoms with E-state index in [1.807, 2.05) is 23.1 Å². The van der Waals surface area contributed by atoms with Gasteiger partial charge in [-0.25, -0.2) is 0 Å². The third-order valence-electron chi connectivity index (χ3n) is 4.69. The SMILES string of the molecule is C=CC(=O)N(Cc1ccc2c(c1)OCO2)C1CCN(CC)CC1. The molecular formula is C18H24N2O3. The van der Waals surface area contributed by atoms with Gasteiger partial charge in [0.15, 0.2) is 11.5 Å². The Morgan fingerprint density at radius 3 is 2.78 bits per heavy atom. The number of fused-ring (bicyclic) bond motifs is 1. The predicted octanol–water partition coefficient (Wildman–Crippen LogP) is 2.41. The van der Waals surface area contributed by atoms with Crippen LogP contribution in [0.15, 0.2) is 30.9 Å². The zero-order valence-electron chi connectivity index (χ0n) is 13.7. The van der Waals surface area contributed by atoms with E-state index in [9.17, 15) is 4.79 Å². The molecule has 0 saturated carbocycles. The van der Waals surface area contributed by atoms with E-state index in [0.29, 0.717) is 6.54 Å². The van der Waals surface area contributed by atoms with Crippen molar-refractivity contribution in [1.82, 2.24) is 9.80 Å². The van der Waals surface area contributed by atoms with Crippen LogP contribution in [-0.4, -0.2) is 48.2 Å². The lowest BCUT2D eigenvalue weighted by Crippen LogP contribution is -2.46. The summed E-state index contributed by atoms with van der Waals surface area (Å²) in [5.41, 5.74) is 1.06. The summed E-state index contributed by atoms with van der Waals surface area (Å²) in [5, 5.41) is 0. The van der Waals surface area contributed by atoms with Crippen LogP contribution in [0.5, 0.6) is 11.5 Å². The number of rotatable bonds is 5. The number of carbonyl (C=O) groups is 1. The lowest BCUT2D eigenvalue weighted by atomic mass is 10.0. The molecule has 1 aromatic rings. The van der Waals surface area contributed by atoms with E-state index in [1.54, 1.807) is 0 Å². The highest BCUT2D eigenvalue weighted by Gasteiger charge is 2.27. The Hall–Kier alpha value is -2.01. The second-order valence-electron chi connectivity index (χ2n) is 6.02. The second kappa shape index (κ2) is 7.04. The van der Waals surface area contributed by atoms with Gasteiger partial charge in [-0.2, -0.15) is 0 Å². The molecule has 2 aliphatic heterocycles. The Balaban J connectivity index is 1.72. The van der Waals surface area contributed by atoms with Gasteiger partial charge in [-0.05, 0) is 43.2 Å². The Morgan fingerprint density at radius 2 is 2.09 bits per heavy atom. The van der Waals surface area contributed by atoms with E-state index < -0.39 is 0 Å². The molecule has 1 aromatic carbocycles. The minimum absolute atomic E-state index is 0.00221. The zero-order chi connectivity index (χ0) is 16.2. The minimum atomic E-state index is -0.00221. The Labute approximate surface area is 137 Å². The molecule has 1 saturated heterocycles. The summed E-state index contributed by atoms with van der Waals surface area (Å²) in [6, 6.07) is 6.15. The standard InChI is InChI=1S/C18H24N2O3/c1-3-18(21)20(15-7-9-19(4-2)10-8-15)12-14-5-6-16-17(11-14)23-13-22-16/h3,5-6,11,15H,1,4,7-10,12-13H2,2H3. The molecule has 0 aromatic heterocycles. The predicted molar refractivity (Wildman–Crippen MR) is 88.4 cm³/mol. The van der Waals surface area contributed by atoms with Crippen LogP contribution in [0.3, 0.4) is 0 Å². The number of amides is 1. The van der Waals surface area contributed by atoms with Crippen LogP contribution < -0.4 is 9.47 Å². The van der Waals surface area contributed by atoms with Crippen molar-refractivity contribution < 1.29 is 14.3 Å². The van der Waals surface area contributed by atoms with Gasteiger partial charge < -0.3 is 19.3 Å².